The normalized spacial score (nSPS) is 10.1. The van der Waals surface area contributed by atoms with Crippen LogP contribution in [0.2, 0.25) is 25.7 Å². The Labute approximate surface area is 184 Å². The number of nitriles is 2. The van der Waals surface area contributed by atoms with Gasteiger partial charge in [-0.25, -0.2) is 4.68 Å². The summed E-state index contributed by atoms with van der Waals surface area (Å²) in [6, 6.07) is 10.8. The number of carbonyl (C=O) groups is 1. The molecule has 2 aromatic rings. The summed E-state index contributed by atoms with van der Waals surface area (Å²) in [6.07, 6.45) is 1.87. The molecule has 1 aromatic heterocycles. The van der Waals surface area contributed by atoms with Crippen molar-refractivity contribution in [3.8, 4) is 12.1 Å². The molecule has 0 spiro atoms. The molecule has 1 N–H and O–H groups in total. The second-order valence-electron chi connectivity index (χ2n) is 6.95. The van der Waals surface area contributed by atoms with Crippen LogP contribution >= 0.6 is 0 Å². The maximum Gasteiger partial charge on any atom is 1.00 e. The molecule has 1 aromatic carbocycles. The minimum atomic E-state index is -1.07. The van der Waals surface area contributed by atoms with Crippen LogP contribution in [0.3, 0.4) is 0 Å². The molecule has 0 atom stereocenters. The van der Waals surface area contributed by atoms with Crippen molar-refractivity contribution in [2.45, 2.75) is 45.3 Å². The predicted molar refractivity (Wildman–Crippen MR) is 102 cm³/mol. The van der Waals surface area contributed by atoms with Crippen LogP contribution in [0, 0.1) is 22.7 Å². The first kappa shape index (κ1) is 25.3. The topological polar surface area (TPSA) is 112 Å². The molecule has 0 amide bonds. The first-order chi connectivity index (χ1) is 12.3. The Bertz CT molecular complexity index is 825. The van der Waals surface area contributed by atoms with E-state index in [1.165, 1.54) is 6.07 Å². The van der Waals surface area contributed by atoms with E-state index in [1.54, 1.807) is 0 Å². The van der Waals surface area contributed by atoms with E-state index in [0.717, 1.165) is 29.1 Å². The molecule has 0 radical (unpaired) electrons. The van der Waals surface area contributed by atoms with Gasteiger partial charge in [-0.2, -0.15) is 15.6 Å². The van der Waals surface area contributed by atoms with Crippen LogP contribution < -0.4 is 29.6 Å². The number of fused-ring (bicyclic) bond motifs is 1. The Morgan fingerprint density at radius 2 is 2.04 bits per heavy atom. The third-order valence-corrected chi connectivity index (χ3v) is 5.14. The van der Waals surface area contributed by atoms with E-state index in [4.69, 9.17) is 20.4 Å². The molecule has 0 aliphatic carbocycles. The molecule has 0 saturated heterocycles. The Hall–Kier alpha value is -1.68. The van der Waals surface area contributed by atoms with Gasteiger partial charge in [0, 0.05) is 20.1 Å². The van der Waals surface area contributed by atoms with Crippen LogP contribution in [0.25, 0.3) is 10.9 Å². The predicted octanol–water partition coefficient (Wildman–Crippen LogP) is 0.516. The van der Waals surface area contributed by atoms with Gasteiger partial charge in [0.15, 0.2) is 0 Å². The summed E-state index contributed by atoms with van der Waals surface area (Å²) in [5.74, 6) is -1.07. The Morgan fingerprint density at radius 3 is 2.56 bits per heavy atom. The van der Waals surface area contributed by atoms with E-state index < -0.39 is 20.5 Å². The van der Waals surface area contributed by atoms with E-state index in [0.29, 0.717) is 13.2 Å². The Kier molecular flexibility index (Phi) is 11.9. The van der Waals surface area contributed by atoms with Crippen molar-refractivity contribution in [1.29, 1.82) is 10.5 Å². The summed E-state index contributed by atoms with van der Waals surface area (Å²) in [5, 5.41) is 29.5. The largest absolute Gasteiger partial charge is 1.00 e. The minimum Gasteiger partial charge on any atom is -1.00 e. The van der Waals surface area contributed by atoms with Crippen LogP contribution in [0.5, 0.6) is 0 Å². The maximum absolute atomic E-state index is 9.38. The van der Waals surface area contributed by atoms with Gasteiger partial charge >= 0.3 is 35.5 Å². The molecular weight excluding hydrogens is 371 g/mol. The second-order valence-corrected chi connectivity index (χ2v) is 12.6. The fourth-order valence-electron chi connectivity index (χ4n) is 2.02. The minimum absolute atomic E-state index is 0. The van der Waals surface area contributed by atoms with Crippen molar-refractivity contribution in [2.24, 2.45) is 0 Å². The Morgan fingerprint density at radius 1 is 1.33 bits per heavy atom. The van der Waals surface area contributed by atoms with Gasteiger partial charge in [0.05, 0.1) is 30.3 Å². The Balaban J connectivity index is 0. The number of hydrogen-bond acceptors (Lipinski definition) is 5. The quantitative estimate of drug-likeness (QED) is 0.539. The summed E-state index contributed by atoms with van der Waals surface area (Å²) >= 11 is 0. The summed E-state index contributed by atoms with van der Waals surface area (Å²) in [7, 11) is -1.04. The molecule has 2 rings (SSSR count). The standard InChI is InChI=1S/C15H21N3OSi.C3H3NO2.Na.H/c1-20(2,3)9-8-19-12-18-15-10-13(6-7-16)4-5-14(15)11-17-18;4-2-1-3(5)6;;/h4-5,10-11H,6,8-9,12H2,1-3H3;1H2,(H,5,6);;/q;;+1;-1. The zero-order valence-electron chi connectivity index (χ0n) is 17.4. The van der Waals surface area contributed by atoms with Gasteiger partial charge in [0.25, 0.3) is 0 Å². The number of benzene rings is 1. The zero-order chi connectivity index (χ0) is 19.6. The molecule has 0 bridgehead atoms. The van der Waals surface area contributed by atoms with E-state index in [1.807, 2.05) is 29.1 Å². The van der Waals surface area contributed by atoms with Gasteiger partial charge in [-0.05, 0) is 17.7 Å². The van der Waals surface area contributed by atoms with Gasteiger partial charge in [0.1, 0.15) is 13.2 Å². The molecule has 140 valence electrons. The van der Waals surface area contributed by atoms with Crippen LogP contribution in [0.15, 0.2) is 24.4 Å². The summed E-state index contributed by atoms with van der Waals surface area (Å²) in [6.45, 7) is 8.29. The molecule has 7 nitrogen and oxygen atoms in total. The number of aromatic nitrogens is 2. The van der Waals surface area contributed by atoms with Crippen molar-refractivity contribution in [1.82, 2.24) is 9.78 Å². The average molecular weight is 396 g/mol. The van der Waals surface area contributed by atoms with Gasteiger partial charge in [-0.3, -0.25) is 4.79 Å². The number of carboxylic acids is 1. The van der Waals surface area contributed by atoms with E-state index in [9.17, 15) is 4.79 Å². The monoisotopic (exact) mass is 396 g/mol. The molecule has 0 aliphatic heterocycles. The van der Waals surface area contributed by atoms with Gasteiger partial charge in [-0.15, -0.1) is 0 Å². The average Bonchev–Trinajstić information content (AvgIpc) is 2.94. The van der Waals surface area contributed by atoms with Gasteiger partial charge in [-0.1, -0.05) is 31.8 Å². The van der Waals surface area contributed by atoms with Crippen molar-refractivity contribution in [2.75, 3.05) is 6.61 Å². The number of hydrogen-bond donors (Lipinski definition) is 1. The third-order valence-electron chi connectivity index (χ3n) is 3.43. The van der Waals surface area contributed by atoms with Crippen molar-refractivity contribution in [3.05, 3.63) is 30.0 Å². The number of rotatable bonds is 7. The number of ether oxygens (including phenoxy) is 1. The molecule has 0 saturated carbocycles. The fourth-order valence-corrected chi connectivity index (χ4v) is 2.77. The van der Waals surface area contributed by atoms with E-state index in [-0.39, 0.29) is 31.0 Å². The van der Waals surface area contributed by atoms with E-state index >= 15 is 0 Å². The zero-order valence-corrected chi connectivity index (χ0v) is 19.4. The second kappa shape index (κ2) is 12.7. The van der Waals surface area contributed by atoms with E-state index in [2.05, 4.69) is 30.8 Å². The van der Waals surface area contributed by atoms with Gasteiger partial charge in [0.2, 0.25) is 0 Å². The molecule has 0 fully saturated rings. The van der Waals surface area contributed by atoms with Crippen LogP contribution in [-0.4, -0.2) is 35.5 Å². The number of carboxylic acid groups (broad SMARTS) is 1. The molecular formula is C18H25N4NaO3Si. The summed E-state index contributed by atoms with van der Waals surface area (Å²) in [5.41, 5.74) is 2.05. The fraction of sp³-hybridized carbons (Fsp3) is 0.444. The van der Waals surface area contributed by atoms with Crippen LogP contribution in [-0.2, 0) is 22.7 Å². The molecule has 1 heterocycles. The SMILES string of the molecule is C[Si](C)(C)CCOCn1ncc2ccc(CC#N)cc21.N#CCC(=O)O.[H-].[Na+]. The number of aliphatic carboxylic acids is 1. The summed E-state index contributed by atoms with van der Waals surface area (Å²) < 4.78 is 7.59. The van der Waals surface area contributed by atoms with Crippen LogP contribution in [0.1, 0.15) is 13.4 Å². The molecule has 0 unspecified atom stereocenters. The third kappa shape index (κ3) is 10.3. The smallest absolute Gasteiger partial charge is 1.00 e. The molecule has 27 heavy (non-hydrogen) atoms. The first-order valence-electron chi connectivity index (χ1n) is 8.24. The van der Waals surface area contributed by atoms with Crippen LogP contribution in [0.4, 0.5) is 0 Å². The molecule has 0 aliphatic rings. The van der Waals surface area contributed by atoms with Crippen molar-refractivity contribution >= 4 is 24.9 Å². The number of nitrogens with zero attached hydrogens (tertiary/aromatic N) is 4. The maximum atomic E-state index is 9.38. The first-order valence-corrected chi connectivity index (χ1v) is 12.0. The summed E-state index contributed by atoms with van der Waals surface area (Å²) in [4.78, 5) is 9.38. The van der Waals surface area contributed by atoms with Crippen molar-refractivity contribution in [3.63, 3.8) is 0 Å². The molecule has 9 heteroatoms. The van der Waals surface area contributed by atoms with Gasteiger partial charge < -0.3 is 11.3 Å². The van der Waals surface area contributed by atoms with Crippen molar-refractivity contribution < 1.29 is 45.6 Å².